The molecule has 0 aromatic carbocycles. The van der Waals surface area contributed by atoms with Crippen LogP contribution in [-0.4, -0.2) is 40.3 Å². The zero-order valence-electron chi connectivity index (χ0n) is 11.4. The van der Waals surface area contributed by atoms with E-state index in [1.54, 1.807) is 11.0 Å². The molecule has 0 bridgehead atoms. The maximum absolute atomic E-state index is 11.9. The summed E-state index contributed by atoms with van der Waals surface area (Å²) >= 11 is 0. The van der Waals surface area contributed by atoms with Crippen LogP contribution >= 0.6 is 0 Å². The highest BCUT2D eigenvalue weighted by Crippen LogP contribution is 2.22. The lowest BCUT2D eigenvalue weighted by Gasteiger charge is -2.27. The lowest BCUT2D eigenvalue weighted by atomic mass is 10.1. The maximum atomic E-state index is 11.9. The molecular weight excluding hydrogens is 234 g/mol. The number of hydrogen-bond acceptors (Lipinski definition) is 3. The van der Waals surface area contributed by atoms with Crippen LogP contribution in [0.4, 0.5) is 4.79 Å². The molecule has 1 atom stereocenters. The third-order valence-electron chi connectivity index (χ3n) is 2.71. The second kappa shape index (κ2) is 5.42. The first-order valence-electron chi connectivity index (χ1n) is 6.12. The van der Waals surface area contributed by atoms with Crippen molar-refractivity contribution in [3.05, 3.63) is 11.6 Å². The Kier molecular flexibility index (Phi) is 4.38. The van der Waals surface area contributed by atoms with E-state index in [4.69, 9.17) is 9.84 Å². The Balaban J connectivity index is 2.74. The first-order valence-corrected chi connectivity index (χ1v) is 6.12. The standard InChI is InChI=1S/C13H21NO4/c1-9(11(15)16)8-10-6-5-7-14(10)12(17)18-13(2,3)4/h8,10H,5-7H2,1-4H3,(H,15,16)/b9-8+/t10-/m1/s1. The van der Waals surface area contributed by atoms with Crippen LogP contribution in [0.3, 0.4) is 0 Å². The van der Waals surface area contributed by atoms with Gasteiger partial charge in [-0.3, -0.25) is 0 Å². The molecule has 1 N–H and O–H groups in total. The van der Waals surface area contributed by atoms with Gasteiger partial charge in [-0.2, -0.15) is 0 Å². The predicted molar refractivity (Wildman–Crippen MR) is 67.4 cm³/mol. The second-order valence-corrected chi connectivity index (χ2v) is 5.54. The third kappa shape index (κ3) is 4.05. The quantitative estimate of drug-likeness (QED) is 0.769. The highest BCUT2D eigenvalue weighted by Gasteiger charge is 2.31. The van der Waals surface area contributed by atoms with Crippen molar-refractivity contribution in [2.24, 2.45) is 0 Å². The van der Waals surface area contributed by atoms with Gasteiger partial charge in [-0.1, -0.05) is 6.08 Å². The van der Waals surface area contributed by atoms with Crippen molar-refractivity contribution >= 4 is 12.1 Å². The molecule has 0 saturated carbocycles. The molecule has 1 aliphatic heterocycles. The Morgan fingerprint density at radius 3 is 2.50 bits per heavy atom. The molecule has 0 spiro atoms. The number of hydrogen-bond donors (Lipinski definition) is 1. The maximum Gasteiger partial charge on any atom is 0.410 e. The van der Waals surface area contributed by atoms with E-state index in [0.717, 1.165) is 12.8 Å². The van der Waals surface area contributed by atoms with Crippen LogP contribution in [-0.2, 0) is 9.53 Å². The van der Waals surface area contributed by atoms with E-state index < -0.39 is 11.6 Å². The fraction of sp³-hybridized carbons (Fsp3) is 0.692. The number of rotatable bonds is 2. The van der Waals surface area contributed by atoms with Gasteiger partial charge in [0, 0.05) is 12.1 Å². The smallest absolute Gasteiger partial charge is 0.410 e. The van der Waals surface area contributed by atoms with Crippen molar-refractivity contribution in [3.8, 4) is 0 Å². The summed E-state index contributed by atoms with van der Waals surface area (Å²) in [6.07, 6.45) is 2.90. The van der Waals surface area contributed by atoms with Crippen LogP contribution in [0.25, 0.3) is 0 Å². The first-order chi connectivity index (χ1) is 8.20. The molecule has 1 rings (SSSR count). The predicted octanol–water partition coefficient (Wildman–Crippen LogP) is 2.42. The minimum atomic E-state index is -0.953. The Bertz CT molecular complexity index is 368. The van der Waals surface area contributed by atoms with Crippen LogP contribution in [0.15, 0.2) is 11.6 Å². The van der Waals surface area contributed by atoms with E-state index in [1.165, 1.54) is 6.92 Å². The van der Waals surface area contributed by atoms with E-state index in [2.05, 4.69) is 0 Å². The van der Waals surface area contributed by atoms with Gasteiger partial charge in [0.05, 0.1) is 6.04 Å². The number of aliphatic carboxylic acids is 1. The van der Waals surface area contributed by atoms with Gasteiger partial charge in [0.25, 0.3) is 0 Å². The number of carboxylic acids is 1. The molecule has 1 saturated heterocycles. The van der Waals surface area contributed by atoms with Crippen molar-refractivity contribution in [1.82, 2.24) is 4.90 Å². The summed E-state index contributed by atoms with van der Waals surface area (Å²) in [5.74, 6) is -0.953. The highest BCUT2D eigenvalue weighted by molar-refractivity contribution is 5.86. The molecule has 102 valence electrons. The van der Waals surface area contributed by atoms with Gasteiger partial charge in [-0.15, -0.1) is 0 Å². The van der Waals surface area contributed by atoms with Crippen molar-refractivity contribution in [1.29, 1.82) is 0 Å². The van der Waals surface area contributed by atoms with E-state index in [0.29, 0.717) is 6.54 Å². The van der Waals surface area contributed by atoms with Crippen molar-refractivity contribution in [2.75, 3.05) is 6.54 Å². The Morgan fingerprint density at radius 2 is 2.00 bits per heavy atom. The largest absolute Gasteiger partial charge is 0.478 e. The summed E-state index contributed by atoms with van der Waals surface area (Å²) < 4.78 is 5.30. The summed E-state index contributed by atoms with van der Waals surface area (Å²) in [5, 5.41) is 8.85. The molecule has 18 heavy (non-hydrogen) atoms. The first kappa shape index (κ1) is 14.5. The van der Waals surface area contributed by atoms with Crippen molar-refractivity contribution in [2.45, 2.75) is 52.2 Å². The molecule has 0 aliphatic carbocycles. The molecule has 0 radical (unpaired) electrons. The highest BCUT2D eigenvalue weighted by atomic mass is 16.6. The SMILES string of the molecule is C/C(=C\[C@H]1CCCN1C(=O)OC(C)(C)C)C(=O)O. The number of amides is 1. The lowest BCUT2D eigenvalue weighted by molar-refractivity contribution is -0.132. The third-order valence-corrected chi connectivity index (χ3v) is 2.71. The Morgan fingerprint density at radius 1 is 1.39 bits per heavy atom. The van der Waals surface area contributed by atoms with Crippen LogP contribution in [0.2, 0.25) is 0 Å². The second-order valence-electron chi connectivity index (χ2n) is 5.54. The van der Waals surface area contributed by atoms with Crippen molar-refractivity contribution < 1.29 is 19.4 Å². The summed E-state index contributed by atoms with van der Waals surface area (Å²) in [5.41, 5.74) is -0.272. The molecule has 1 amide bonds. The Labute approximate surface area is 107 Å². The van der Waals surface area contributed by atoms with Gasteiger partial charge in [0.15, 0.2) is 0 Å². The molecular formula is C13H21NO4. The average Bonchev–Trinajstić information content (AvgIpc) is 2.62. The van der Waals surface area contributed by atoms with E-state index in [1.807, 2.05) is 20.8 Å². The molecule has 0 aromatic heterocycles. The van der Waals surface area contributed by atoms with E-state index in [-0.39, 0.29) is 17.7 Å². The van der Waals surface area contributed by atoms with Gasteiger partial charge in [-0.25, -0.2) is 9.59 Å². The monoisotopic (exact) mass is 255 g/mol. The summed E-state index contributed by atoms with van der Waals surface area (Å²) in [6, 6.07) is -0.170. The number of ether oxygens (including phenoxy) is 1. The minimum absolute atomic E-state index is 0.170. The Hall–Kier alpha value is -1.52. The van der Waals surface area contributed by atoms with Crippen LogP contribution in [0.1, 0.15) is 40.5 Å². The zero-order valence-corrected chi connectivity index (χ0v) is 11.4. The number of likely N-dealkylation sites (tertiary alicyclic amines) is 1. The molecule has 1 heterocycles. The minimum Gasteiger partial charge on any atom is -0.478 e. The molecule has 0 aromatic rings. The zero-order chi connectivity index (χ0) is 13.9. The summed E-state index contributed by atoms with van der Waals surface area (Å²) in [6.45, 7) is 7.59. The van der Waals surface area contributed by atoms with Crippen molar-refractivity contribution in [3.63, 3.8) is 0 Å². The van der Waals surface area contributed by atoms with E-state index >= 15 is 0 Å². The topological polar surface area (TPSA) is 66.8 Å². The van der Waals surface area contributed by atoms with Gasteiger partial charge >= 0.3 is 12.1 Å². The number of carbonyl (C=O) groups excluding carboxylic acids is 1. The van der Waals surface area contributed by atoms with Gasteiger partial charge < -0.3 is 14.7 Å². The number of nitrogens with zero attached hydrogens (tertiary/aromatic N) is 1. The molecule has 0 unspecified atom stereocenters. The number of carbonyl (C=O) groups is 2. The fourth-order valence-electron chi connectivity index (χ4n) is 1.87. The van der Waals surface area contributed by atoms with Gasteiger partial charge in [0.2, 0.25) is 0 Å². The van der Waals surface area contributed by atoms with Gasteiger partial charge in [-0.05, 0) is 40.5 Å². The van der Waals surface area contributed by atoms with Gasteiger partial charge in [0.1, 0.15) is 5.60 Å². The summed E-state index contributed by atoms with van der Waals surface area (Å²) in [4.78, 5) is 24.3. The van der Waals surface area contributed by atoms with Crippen LogP contribution in [0, 0.1) is 0 Å². The van der Waals surface area contributed by atoms with E-state index in [9.17, 15) is 9.59 Å². The molecule has 5 heteroatoms. The average molecular weight is 255 g/mol. The molecule has 5 nitrogen and oxygen atoms in total. The van der Waals surface area contributed by atoms with Crippen LogP contribution < -0.4 is 0 Å². The normalized spacial score (nSPS) is 21.0. The number of carboxylic acid groups (broad SMARTS) is 1. The van der Waals surface area contributed by atoms with Crippen LogP contribution in [0.5, 0.6) is 0 Å². The molecule has 1 aliphatic rings. The fourth-order valence-corrected chi connectivity index (χ4v) is 1.87. The summed E-state index contributed by atoms with van der Waals surface area (Å²) in [7, 11) is 0. The lowest BCUT2D eigenvalue weighted by Crippen LogP contribution is -2.39. The molecule has 1 fully saturated rings.